The van der Waals surface area contributed by atoms with Gasteiger partial charge >= 0.3 is 0 Å². The summed E-state index contributed by atoms with van der Waals surface area (Å²) in [6.07, 6.45) is 3.75. The first-order valence-electron chi connectivity index (χ1n) is 14.8. The van der Waals surface area contributed by atoms with Gasteiger partial charge in [-0.15, -0.1) is 0 Å². The fraction of sp³-hybridized carbons (Fsp3) is 0.270. The van der Waals surface area contributed by atoms with Gasteiger partial charge in [0.2, 0.25) is 5.95 Å². The Labute approximate surface area is 254 Å². The fourth-order valence-corrected chi connectivity index (χ4v) is 6.98. The molecule has 0 radical (unpaired) electrons. The Kier molecular flexibility index (Phi) is 9.88. The normalized spacial score (nSPS) is 13.4. The van der Waals surface area contributed by atoms with E-state index in [1.54, 1.807) is 0 Å². The van der Waals surface area contributed by atoms with Crippen LogP contribution >= 0.6 is 15.9 Å². The van der Waals surface area contributed by atoms with E-state index in [0.29, 0.717) is 5.95 Å². The Balaban J connectivity index is 0.000000929. The lowest BCUT2D eigenvalue weighted by molar-refractivity contribution is 0.531. The van der Waals surface area contributed by atoms with E-state index in [-0.39, 0.29) is 10.2 Å². The summed E-state index contributed by atoms with van der Waals surface area (Å²) < 4.78 is -0.266. The van der Waals surface area contributed by atoms with Crippen molar-refractivity contribution in [2.24, 2.45) is 5.92 Å². The summed E-state index contributed by atoms with van der Waals surface area (Å²) in [5.41, 5.74) is 9.80. The van der Waals surface area contributed by atoms with Crippen LogP contribution in [0.15, 0.2) is 103 Å². The van der Waals surface area contributed by atoms with E-state index in [0.717, 1.165) is 29.8 Å². The lowest BCUT2D eigenvalue weighted by Gasteiger charge is -2.38. The Morgan fingerprint density at radius 3 is 2.07 bits per heavy atom. The Bertz CT molecular complexity index is 1590. The van der Waals surface area contributed by atoms with Crippen molar-refractivity contribution in [1.29, 1.82) is 0 Å². The number of allylic oxidation sites excluding steroid dienone is 1. The molecule has 0 saturated heterocycles. The van der Waals surface area contributed by atoms with Gasteiger partial charge in [0.05, 0.1) is 16.2 Å². The van der Waals surface area contributed by atoms with Gasteiger partial charge in [-0.25, -0.2) is 4.98 Å². The van der Waals surface area contributed by atoms with Crippen molar-refractivity contribution in [2.45, 2.75) is 58.7 Å². The number of anilines is 1. The van der Waals surface area contributed by atoms with Crippen LogP contribution in [0.25, 0.3) is 22.0 Å². The number of benzene rings is 4. The number of aromatic nitrogens is 2. The number of alkyl halides is 1. The largest absolute Gasteiger partial charge is 0.330 e. The van der Waals surface area contributed by atoms with E-state index in [4.69, 9.17) is 0 Å². The Morgan fingerprint density at radius 2 is 1.44 bits per heavy atom. The standard InChI is InChI=1S/C33H30BrN3.2C2H6/c1-21-16-17-28(27-13-7-6-12-26(21)27)31-20-35-32(37-31)36-23(3)22(2)19-33(34)29-14-8-4-10-24(29)18-25-11-5-9-15-30(25)33;2*1-2/h4-17,20,22H,3,18-19H2,1-2H3,(H2,35,36,37);2*1-2H3. The van der Waals surface area contributed by atoms with Gasteiger partial charge in [-0.05, 0) is 64.3 Å². The Hall–Kier alpha value is -3.63. The fourth-order valence-electron chi connectivity index (χ4n) is 5.72. The Morgan fingerprint density at radius 1 is 0.878 bits per heavy atom. The number of fused-ring (bicyclic) bond motifs is 3. The van der Waals surface area contributed by atoms with Crippen LogP contribution in [0.5, 0.6) is 0 Å². The number of hydrogen-bond acceptors (Lipinski definition) is 2. The van der Waals surface area contributed by atoms with E-state index in [9.17, 15) is 0 Å². The molecule has 212 valence electrons. The molecule has 0 spiro atoms. The zero-order valence-electron chi connectivity index (χ0n) is 25.2. The van der Waals surface area contributed by atoms with Crippen molar-refractivity contribution in [1.82, 2.24) is 9.97 Å². The summed E-state index contributed by atoms with van der Waals surface area (Å²) in [7, 11) is 0. The van der Waals surface area contributed by atoms with E-state index in [1.807, 2.05) is 33.9 Å². The lowest BCUT2D eigenvalue weighted by Crippen LogP contribution is -2.30. The van der Waals surface area contributed by atoms with Crippen LogP contribution in [0.4, 0.5) is 5.95 Å². The molecular formula is C37H42BrN3. The first kappa shape index (κ1) is 30.3. The molecule has 3 nitrogen and oxygen atoms in total. The van der Waals surface area contributed by atoms with Crippen LogP contribution in [0, 0.1) is 12.8 Å². The van der Waals surface area contributed by atoms with Crippen LogP contribution in [-0.2, 0) is 10.7 Å². The molecule has 0 amide bonds. The molecule has 0 bridgehead atoms. The molecule has 1 aliphatic rings. The first-order chi connectivity index (χ1) is 19.9. The number of H-pyrrole nitrogens is 1. The monoisotopic (exact) mass is 607 g/mol. The molecule has 1 aromatic heterocycles. The number of aryl methyl sites for hydroxylation is 1. The second-order valence-corrected chi connectivity index (χ2v) is 11.5. The van der Waals surface area contributed by atoms with Crippen LogP contribution in [0.1, 0.15) is 68.9 Å². The van der Waals surface area contributed by atoms with Crippen LogP contribution < -0.4 is 5.32 Å². The maximum absolute atomic E-state index is 4.64. The zero-order chi connectivity index (χ0) is 29.6. The number of halogens is 1. The second-order valence-electron chi connectivity index (χ2n) is 10.2. The minimum absolute atomic E-state index is 0.187. The van der Waals surface area contributed by atoms with Crippen molar-refractivity contribution < 1.29 is 0 Å². The number of aromatic amines is 1. The minimum atomic E-state index is -0.266. The predicted octanol–water partition coefficient (Wildman–Crippen LogP) is 10.8. The molecule has 41 heavy (non-hydrogen) atoms. The van der Waals surface area contributed by atoms with Gasteiger partial charge in [-0.2, -0.15) is 0 Å². The third kappa shape index (κ3) is 6.04. The molecular weight excluding hydrogens is 566 g/mol. The summed E-state index contributed by atoms with van der Waals surface area (Å²) in [5, 5.41) is 5.95. The van der Waals surface area contributed by atoms with Crippen molar-refractivity contribution in [2.75, 3.05) is 5.32 Å². The second kappa shape index (κ2) is 13.4. The third-order valence-electron chi connectivity index (χ3n) is 7.74. The summed E-state index contributed by atoms with van der Waals surface area (Å²) in [5.74, 6) is 0.900. The number of imidazole rings is 1. The van der Waals surface area contributed by atoms with Gasteiger partial charge < -0.3 is 10.3 Å². The molecule has 1 atom stereocenters. The van der Waals surface area contributed by atoms with Gasteiger partial charge in [-0.1, -0.05) is 142 Å². The van der Waals surface area contributed by atoms with Gasteiger partial charge in [0, 0.05) is 11.3 Å². The zero-order valence-corrected chi connectivity index (χ0v) is 26.8. The molecule has 2 N–H and O–H groups in total. The van der Waals surface area contributed by atoms with E-state index in [1.165, 1.54) is 38.6 Å². The summed E-state index contributed by atoms with van der Waals surface area (Å²) in [6, 6.07) is 30.4. The topological polar surface area (TPSA) is 40.7 Å². The summed E-state index contributed by atoms with van der Waals surface area (Å²) in [4.78, 5) is 8.12. The molecule has 1 aliphatic carbocycles. The van der Waals surface area contributed by atoms with E-state index in [2.05, 4.69) is 137 Å². The number of hydrogen-bond donors (Lipinski definition) is 2. The molecule has 0 saturated carbocycles. The molecule has 4 aromatic carbocycles. The molecule has 5 aromatic rings. The summed E-state index contributed by atoms with van der Waals surface area (Å²) in [6.45, 7) is 16.8. The van der Waals surface area contributed by atoms with Gasteiger partial charge in [0.15, 0.2) is 0 Å². The van der Waals surface area contributed by atoms with E-state index < -0.39 is 0 Å². The first-order valence-corrected chi connectivity index (χ1v) is 15.6. The lowest BCUT2D eigenvalue weighted by atomic mass is 9.74. The maximum Gasteiger partial charge on any atom is 0.204 e. The molecule has 1 unspecified atom stereocenters. The average Bonchev–Trinajstić information content (AvgIpc) is 3.48. The maximum atomic E-state index is 4.64. The predicted molar refractivity (Wildman–Crippen MR) is 181 cm³/mol. The molecule has 4 heteroatoms. The molecule has 0 fully saturated rings. The number of nitrogens with zero attached hydrogens (tertiary/aromatic N) is 1. The molecule has 1 heterocycles. The summed E-state index contributed by atoms with van der Waals surface area (Å²) >= 11 is 4.22. The smallest absolute Gasteiger partial charge is 0.204 e. The van der Waals surface area contributed by atoms with Crippen LogP contribution in [0.2, 0.25) is 0 Å². The van der Waals surface area contributed by atoms with Crippen LogP contribution in [-0.4, -0.2) is 9.97 Å². The molecule has 6 rings (SSSR count). The minimum Gasteiger partial charge on any atom is -0.330 e. The van der Waals surface area contributed by atoms with Gasteiger partial charge in [0.25, 0.3) is 0 Å². The van der Waals surface area contributed by atoms with E-state index >= 15 is 0 Å². The average molecular weight is 609 g/mol. The van der Waals surface area contributed by atoms with Crippen molar-refractivity contribution in [3.8, 4) is 11.3 Å². The SMILES string of the molecule is C=C(Nc1ncc(-c2ccc(C)c3ccccc23)[nH]1)C(C)CC1(Br)c2ccccc2Cc2ccccc21.CC.CC. The quantitative estimate of drug-likeness (QED) is 0.188. The highest BCUT2D eigenvalue weighted by Crippen LogP contribution is 2.50. The highest BCUT2D eigenvalue weighted by Gasteiger charge is 2.39. The van der Waals surface area contributed by atoms with Crippen LogP contribution in [0.3, 0.4) is 0 Å². The van der Waals surface area contributed by atoms with Crippen molar-refractivity contribution >= 4 is 32.7 Å². The van der Waals surface area contributed by atoms with Crippen molar-refractivity contribution in [3.63, 3.8) is 0 Å². The number of rotatable bonds is 6. The highest BCUT2D eigenvalue weighted by molar-refractivity contribution is 9.09. The highest BCUT2D eigenvalue weighted by atomic mass is 79.9. The van der Waals surface area contributed by atoms with Gasteiger partial charge in [0.1, 0.15) is 0 Å². The molecule has 0 aliphatic heterocycles. The third-order valence-corrected chi connectivity index (χ3v) is 8.92. The van der Waals surface area contributed by atoms with Gasteiger partial charge in [-0.3, -0.25) is 0 Å². The van der Waals surface area contributed by atoms with Crippen molar-refractivity contribution in [3.05, 3.63) is 131 Å². The number of nitrogens with one attached hydrogen (secondary N) is 2.